The number of likely N-dealkylation sites (tertiary alicyclic amines) is 1. The van der Waals surface area contributed by atoms with Crippen LogP contribution in [-0.4, -0.2) is 29.1 Å². The molecule has 3 rings (SSSR count). The molecular weight excluding hydrogens is 234 g/mol. The lowest BCUT2D eigenvalue weighted by Crippen LogP contribution is -2.36. The smallest absolute Gasteiger partial charge is 0.119 e. The molecule has 2 nitrogen and oxygen atoms in total. The predicted molar refractivity (Wildman–Crippen MR) is 78.6 cm³/mol. The minimum absolute atomic E-state index is 0.511. The molecule has 104 valence electrons. The summed E-state index contributed by atoms with van der Waals surface area (Å²) in [6.07, 6.45) is 4.82. The second kappa shape index (κ2) is 5.16. The second-order valence-corrected chi connectivity index (χ2v) is 6.56. The van der Waals surface area contributed by atoms with Crippen LogP contribution in [0.2, 0.25) is 0 Å². The van der Waals surface area contributed by atoms with Gasteiger partial charge < -0.3 is 5.11 Å². The third kappa shape index (κ3) is 2.38. The Morgan fingerprint density at radius 3 is 2.95 bits per heavy atom. The average molecular weight is 259 g/mol. The van der Waals surface area contributed by atoms with Crippen molar-refractivity contribution in [3.8, 4) is 5.75 Å². The first-order valence-corrected chi connectivity index (χ1v) is 7.71. The molecule has 0 radical (unpaired) electrons. The van der Waals surface area contributed by atoms with E-state index >= 15 is 0 Å². The standard InChI is InChI=1S/C17H25NO/c1-12(2)8-10-18-11-9-14-13-4-3-5-17(19)15(13)6-7-16(14)18/h3-5,12,14,16,19H,6-11H2,1-2H3/t14-,16+/m0/s1. The lowest BCUT2D eigenvalue weighted by Gasteiger charge is -2.34. The summed E-state index contributed by atoms with van der Waals surface area (Å²) in [6, 6.07) is 6.79. The molecule has 1 N–H and O–H groups in total. The summed E-state index contributed by atoms with van der Waals surface area (Å²) in [5.41, 5.74) is 2.64. The average Bonchev–Trinajstić information content (AvgIpc) is 2.80. The maximum Gasteiger partial charge on any atom is 0.119 e. The van der Waals surface area contributed by atoms with Crippen LogP contribution in [-0.2, 0) is 6.42 Å². The molecule has 0 aromatic heterocycles. The van der Waals surface area contributed by atoms with Crippen molar-refractivity contribution in [2.24, 2.45) is 5.92 Å². The van der Waals surface area contributed by atoms with Crippen molar-refractivity contribution in [2.45, 2.75) is 51.5 Å². The van der Waals surface area contributed by atoms with Crippen LogP contribution in [0.5, 0.6) is 5.75 Å². The van der Waals surface area contributed by atoms with Crippen LogP contribution in [0.25, 0.3) is 0 Å². The first kappa shape index (κ1) is 13.0. The molecule has 1 heterocycles. The van der Waals surface area contributed by atoms with Gasteiger partial charge in [0.1, 0.15) is 5.75 Å². The van der Waals surface area contributed by atoms with Gasteiger partial charge in [-0.2, -0.15) is 0 Å². The van der Waals surface area contributed by atoms with E-state index in [1.54, 1.807) is 0 Å². The molecule has 0 saturated carbocycles. The lowest BCUT2D eigenvalue weighted by molar-refractivity contribution is 0.215. The number of hydrogen-bond acceptors (Lipinski definition) is 2. The first-order chi connectivity index (χ1) is 9.16. The highest BCUT2D eigenvalue weighted by molar-refractivity contribution is 5.44. The van der Waals surface area contributed by atoms with E-state index in [2.05, 4.69) is 24.8 Å². The van der Waals surface area contributed by atoms with Gasteiger partial charge in [0.25, 0.3) is 0 Å². The molecule has 0 spiro atoms. The summed E-state index contributed by atoms with van der Waals surface area (Å²) >= 11 is 0. The third-order valence-electron chi connectivity index (χ3n) is 4.93. The first-order valence-electron chi connectivity index (χ1n) is 7.71. The summed E-state index contributed by atoms with van der Waals surface area (Å²) < 4.78 is 0. The Balaban J connectivity index is 1.78. The van der Waals surface area contributed by atoms with E-state index in [1.165, 1.54) is 43.5 Å². The highest BCUT2D eigenvalue weighted by Gasteiger charge is 2.38. The molecule has 1 fully saturated rings. The number of phenolic OH excluding ortho intramolecular Hbond substituents is 1. The van der Waals surface area contributed by atoms with Gasteiger partial charge in [-0.15, -0.1) is 0 Å². The molecule has 1 aromatic carbocycles. The minimum atomic E-state index is 0.511. The van der Waals surface area contributed by atoms with Gasteiger partial charge in [0, 0.05) is 12.0 Å². The quantitative estimate of drug-likeness (QED) is 0.897. The van der Waals surface area contributed by atoms with Gasteiger partial charge in [-0.05, 0) is 61.9 Å². The maximum absolute atomic E-state index is 10.0. The summed E-state index contributed by atoms with van der Waals surface area (Å²) in [5.74, 6) is 1.96. The Morgan fingerprint density at radius 1 is 1.32 bits per heavy atom. The monoisotopic (exact) mass is 259 g/mol. The third-order valence-corrected chi connectivity index (χ3v) is 4.93. The van der Waals surface area contributed by atoms with Crippen LogP contribution in [0.15, 0.2) is 18.2 Å². The number of rotatable bonds is 3. The largest absolute Gasteiger partial charge is 0.508 e. The fourth-order valence-corrected chi connectivity index (χ4v) is 3.87. The molecule has 1 saturated heterocycles. The molecule has 0 unspecified atom stereocenters. The van der Waals surface area contributed by atoms with Crippen molar-refractivity contribution >= 4 is 0 Å². The van der Waals surface area contributed by atoms with Crippen molar-refractivity contribution in [3.63, 3.8) is 0 Å². The summed E-state index contributed by atoms with van der Waals surface area (Å²) in [7, 11) is 0. The van der Waals surface area contributed by atoms with Crippen LogP contribution in [0, 0.1) is 5.92 Å². The van der Waals surface area contributed by atoms with E-state index in [9.17, 15) is 5.11 Å². The Morgan fingerprint density at radius 2 is 2.16 bits per heavy atom. The molecule has 0 amide bonds. The number of aromatic hydroxyl groups is 1. The Hall–Kier alpha value is -1.02. The summed E-state index contributed by atoms with van der Waals surface area (Å²) in [6.45, 7) is 7.09. The molecule has 19 heavy (non-hydrogen) atoms. The van der Waals surface area contributed by atoms with Gasteiger partial charge in [0.15, 0.2) is 0 Å². The second-order valence-electron chi connectivity index (χ2n) is 6.56. The number of hydrogen-bond donors (Lipinski definition) is 1. The van der Waals surface area contributed by atoms with E-state index in [0.29, 0.717) is 17.7 Å². The van der Waals surface area contributed by atoms with E-state index in [4.69, 9.17) is 0 Å². The van der Waals surface area contributed by atoms with Crippen molar-refractivity contribution in [2.75, 3.05) is 13.1 Å². The van der Waals surface area contributed by atoms with Gasteiger partial charge in [-0.3, -0.25) is 4.90 Å². The van der Waals surface area contributed by atoms with Crippen LogP contribution >= 0.6 is 0 Å². The van der Waals surface area contributed by atoms with E-state index in [-0.39, 0.29) is 0 Å². The van der Waals surface area contributed by atoms with Crippen LogP contribution in [0.4, 0.5) is 0 Å². The van der Waals surface area contributed by atoms with Crippen LogP contribution in [0.1, 0.15) is 50.2 Å². The fourth-order valence-electron chi connectivity index (χ4n) is 3.87. The zero-order valence-electron chi connectivity index (χ0n) is 12.1. The molecule has 2 heteroatoms. The zero-order valence-corrected chi connectivity index (χ0v) is 12.1. The van der Waals surface area contributed by atoms with E-state index < -0.39 is 0 Å². The number of nitrogens with zero attached hydrogens (tertiary/aromatic N) is 1. The molecule has 2 aliphatic rings. The van der Waals surface area contributed by atoms with E-state index in [1.807, 2.05) is 12.1 Å². The highest BCUT2D eigenvalue weighted by atomic mass is 16.3. The van der Waals surface area contributed by atoms with Gasteiger partial charge in [0.05, 0.1) is 0 Å². The van der Waals surface area contributed by atoms with Gasteiger partial charge >= 0.3 is 0 Å². The van der Waals surface area contributed by atoms with Crippen molar-refractivity contribution in [1.82, 2.24) is 4.90 Å². The van der Waals surface area contributed by atoms with Gasteiger partial charge in [0.2, 0.25) is 0 Å². The SMILES string of the molecule is CC(C)CCN1CC[C@H]2c3cccc(O)c3CC[C@H]21. The van der Waals surface area contributed by atoms with Gasteiger partial charge in [-0.1, -0.05) is 26.0 Å². The van der Waals surface area contributed by atoms with Crippen LogP contribution in [0.3, 0.4) is 0 Å². The number of phenols is 1. The molecule has 1 aliphatic carbocycles. The van der Waals surface area contributed by atoms with Crippen molar-refractivity contribution in [1.29, 1.82) is 0 Å². The van der Waals surface area contributed by atoms with Crippen molar-refractivity contribution in [3.05, 3.63) is 29.3 Å². The normalized spacial score (nSPS) is 26.5. The molecule has 2 atom stereocenters. The predicted octanol–water partition coefficient (Wildman–Crippen LogP) is 3.54. The topological polar surface area (TPSA) is 23.5 Å². The molecule has 1 aromatic rings. The van der Waals surface area contributed by atoms with Gasteiger partial charge in [-0.25, -0.2) is 0 Å². The molecule has 1 aliphatic heterocycles. The minimum Gasteiger partial charge on any atom is -0.508 e. The fraction of sp³-hybridized carbons (Fsp3) is 0.647. The number of benzene rings is 1. The summed E-state index contributed by atoms with van der Waals surface area (Å²) in [5, 5.41) is 10.0. The molecular formula is C17H25NO. The lowest BCUT2D eigenvalue weighted by atomic mass is 9.79. The Labute approximate surface area is 116 Å². The zero-order chi connectivity index (χ0) is 13.4. The van der Waals surface area contributed by atoms with Crippen molar-refractivity contribution < 1.29 is 5.11 Å². The highest BCUT2D eigenvalue weighted by Crippen LogP contribution is 2.43. The Kier molecular flexibility index (Phi) is 3.53. The molecule has 0 bridgehead atoms. The number of fused-ring (bicyclic) bond motifs is 3. The maximum atomic E-state index is 10.0. The summed E-state index contributed by atoms with van der Waals surface area (Å²) in [4.78, 5) is 2.69. The van der Waals surface area contributed by atoms with Crippen LogP contribution < -0.4 is 0 Å². The Bertz CT molecular complexity index is 455. The van der Waals surface area contributed by atoms with E-state index in [0.717, 1.165) is 12.3 Å².